The number of rotatable bonds is 0. The maximum absolute atomic E-state index is 13.8. The first-order chi connectivity index (χ1) is 5.61. The molecule has 66 valence electrons. The van der Waals surface area contributed by atoms with Gasteiger partial charge in [-0.1, -0.05) is 5.16 Å². The summed E-state index contributed by atoms with van der Waals surface area (Å²) in [5.41, 5.74) is -0.666. The molecule has 0 aromatic carbocycles. The van der Waals surface area contributed by atoms with Gasteiger partial charge in [0.05, 0.1) is 5.56 Å². The number of alkyl halides is 1. The largest absolute Gasteiger partial charge is 0.360 e. The number of fused-ring (bicyclic) bond motifs is 1. The average Bonchev–Trinajstić information content (AvgIpc) is 2.32. The molecule has 0 amide bonds. The van der Waals surface area contributed by atoms with Crippen LogP contribution in [0.1, 0.15) is 31.1 Å². The molecule has 0 aliphatic heterocycles. The van der Waals surface area contributed by atoms with E-state index in [4.69, 9.17) is 4.52 Å². The van der Waals surface area contributed by atoms with E-state index in [1.807, 2.05) is 0 Å². The van der Waals surface area contributed by atoms with Gasteiger partial charge in [0.2, 0.25) is 0 Å². The molecule has 0 saturated heterocycles. The standard InChI is InChI=1S/C8H9BrFNO/c1-8(10)4-2-3-5-6(8)7(9)11-12-5/h2-4H2,1H3. The van der Waals surface area contributed by atoms with Crippen LogP contribution in [0, 0.1) is 0 Å². The van der Waals surface area contributed by atoms with Crippen LogP contribution in [0.2, 0.25) is 0 Å². The molecule has 1 aliphatic rings. The fourth-order valence-electron chi connectivity index (χ4n) is 1.68. The fraction of sp³-hybridized carbons (Fsp3) is 0.625. The summed E-state index contributed by atoms with van der Waals surface area (Å²) < 4.78 is 19.3. The van der Waals surface area contributed by atoms with Crippen molar-refractivity contribution in [2.45, 2.75) is 31.9 Å². The van der Waals surface area contributed by atoms with Gasteiger partial charge in [0.1, 0.15) is 11.4 Å². The van der Waals surface area contributed by atoms with Crippen molar-refractivity contribution in [1.29, 1.82) is 0 Å². The Labute approximate surface area is 78.2 Å². The van der Waals surface area contributed by atoms with Gasteiger partial charge in [-0.15, -0.1) is 0 Å². The second-order valence-corrected chi connectivity index (χ2v) is 4.07. The van der Waals surface area contributed by atoms with E-state index in [0.29, 0.717) is 22.3 Å². The van der Waals surface area contributed by atoms with Crippen molar-refractivity contribution in [1.82, 2.24) is 5.16 Å². The first-order valence-electron chi connectivity index (χ1n) is 3.95. The van der Waals surface area contributed by atoms with Gasteiger partial charge in [0, 0.05) is 6.42 Å². The number of hydrogen-bond donors (Lipinski definition) is 0. The molecule has 2 rings (SSSR count). The monoisotopic (exact) mass is 233 g/mol. The summed E-state index contributed by atoms with van der Waals surface area (Å²) in [6.07, 6.45) is 2.19. The van der Waals surface area contributed by atoms with E-state index in [1.165, 1.54) is 0 Å². The van der Waals surface area contributed by atoms with Crippen LogP contribution >= 0.6 is 15.9 Å². The molecular formula is C8H9BrFNO. The van der Waals surface area contributed by atoms with Crippen molar-refractivity contribution in [3.63, 3.8) is 0 Å². The molecule has 0 fully saturated rings. The van der Waals surface area contributed by atoms with Crippen molar-refractivity contribution in [2.24, 2.45) is 0 Å². The Bertz CT molecular complexity index is 308. The Morgan fingerprint density at radius 3 is 3.08 bits per heavy atom. The highest BCUT2D eigenvalue weighted by Crippen LogP contribution is 2.41. The van der Waals surface area contributed by atoms with E-state index in [0.717, 1.165) is 12.8 Å². The van der Waals surface area contributed by atoms with Gasteiger partial charge in [0.15, 0.2) is 4.60 Å². The summed E-state index contributed by atoms with van der Waals surface area (Å²) in [4.78, 5) is 0. The first kappa shape index (κ1) is 8.23. The molecule has 1 aromatic rings. The van der Waals surface area contributed by atoms with Crippen LogP contribution < -0.4 is 0 Å². The Balaban J connectivity index is 2.56. The normalized spacial score (nSPS) is 28.6. The van der Waals surface area contributed by atoms with Gasteiger partial charge < -0.3 is 4.52 Å². The van der Waals surface area contributed by atoms with E-state index in [9.17, 15) is 4.39 Å². The molecule has 1 heterocycles. The number of aromatic nitrogens is 1. The maximum Gasteiger partial charge on any atom is 0.155 e. The molecule has 1 aromatic heterocycles. The molecule has 12 heavy (non-hydrogen) atoms. The lowest BCUT2D eigenvalue weighted by atomic mass is 9.86. The molecule has 0 radical (unpaired) electrons. The third-order valence-corrected chi connectivity index (χ3v) is 2.83. The van der Waals surface area contributed by atoms with Gasteiger partial charge in [0.25, 0.3) is 0 Å². The predicted octanol–water partition coefficient (Wildman–Crippen LogP) is 2.96. The molecular weight excluding hydrogens is 225 g/mol. The van der Waals surface area contributed by atoms with Gasteiger partial charge in [-0.2, -0.15) is 0 Å². The highest BCUT2D eigenvalue weighted by Gasteiger charge is 2.37. The average molecular weight is 234 g/mol. The Kier molecular flexibility index (Phi) is 1.75. The molecule has 1 atom stereocenters. The van der Waals surface area contributed by atoms with Crippen molar-refractivity contribution < 1.29 is 8.91 Å². The third-order valence-electron chi connectivity index (χ3n) is 2.29. The quantitative estimate of drug-likeness (QED) is 0.689. The fourth-order valence-corrected chi connectivity index (χ4v) is 2.39. The lowest BCUT2D eigenvalue weighted by Crippen LogP contribution is -2.21. The van der Waals surface area contributed by atoms with Gasteiger partial charge in [-0.05, 0) is 35.7 Å². The zero-order chi connectivity index (χ0) is 8.77. The Morgan fingerprint density at radius 2 is 2.42 bits per heavy atom. The second-order valence-electron chi connectivity index (χ2n) is 3.32. The molecule has 0 bridgehead atoms. The topological polar surface area (TPSA) is 26.0 Å². The predicted molar refractivity (Wildman–Crippen MR) is 45.6 cm³/mol. The summed E-state index contributed by atoms with van der Waals surface area (Å²) in [6, 6.07) is 0. The number of hydrogen-bond acceptors (Lipinski definition) is 2. The molecule has 0 spiro atoms. The zero-order valence-electron chi connectivity index (χ0n) is 6.73. The minimum atomic E-state index is -1.27. The smallest absolute Gasteiger partial charge is 0.155 e. The number of nitrogens with zero attached hydrogens (tertiary/aromatic N) is 1. The van der Waals surface area contributed by atoms with Gasteiger partial charge in [-0.3, -0.25) is 0 Å². The molecule has 1 aliphatic carbocycles. The highest BCUT2D eigenvalue weighted by molar-refractivity contribution is 9.10. The van der Waals surface area contributed by atoms with Crippen LogP contribution in [0.5, 0.6) is 0 Å². The van der Waals surface area contributed by atoms with Crippen LogP contribution in [0.4, 0.5) is 4.39 Å². The van der Waals surface area contributed by atoms with Crippen LogP contribution in [0.25, 0.3) is 0 Å². The number of halogens is 2. The third kappa shape index (κ3) is 1.09. The first-order valence-corrected chi connectivity index (χ1v) is 4.74. The van der Waals surface area contributed by atoms with Crippen LogP contribution in [0.15, 0.2) is 9.13 Å². The molecule has 2 nitrogen and oxygen atoms in total. The highest BCUT2D eigenvalue weighted by atomic mass is 79.9. The summed E-state index contributed by atoms with van der Waals surface area (Å²) in [6.45, 7) is 1.58. The lowest BCUT2D eigenvalue weighted by Gasteiger charge is -2.23. The van der Waals surface area contributed by atoms with Crippen LogP contribution in [0.3, 0.4) is 0 Å². The van der Waals surface area contributed by atoms with Gasteiger partial charge in [-0.25, -0.2) is 4.39 Å². The molecule has 4 heteroatoms. The summed E-state index contributed by atoms with van der Waals surface area (Å²) in [7, 11) is 0. The van der Waals surface area contributed by atoms with E-state index >= 15 is 0 Å². The number of aryl methyl sites for hydroxylation is 1. The molecule has 0 saturated carbocycles. The maximum atomic E-state index is 13.8. The van der Waals surface area contributed by atoms with Crippen molar-refractivity contribution >= 4 is 15.9 Å². The minimum absolute atomic E-state index is 0.516. The lowest BCUT2D eigenvalue weighted by molar-refractivity contribution is 0.155. The van der Waals surface area contributed by atoms with E-state index < -0.39 is 5.67 Å². The van der Waals surface area contributed by atoms with E-state index in [2.05, 4.69) is 21.1 Å². The van der Waals surface area contributed by atoms with E-state index in [1.54, 1.807) is 6.92 Å². The Morgan fingerprint density at radius 1 is 1.67 bits per heavy atom. The van der Waals surface area contributed by atoms with Crippen molar-refractivity contribution in [2.75, 3.05) is 0 Å². The zero-order valence-corrected chi connectivity index (χ0v) is 8.32. The summed E-state index contributed by atoms with van der Waals surface area (Å²) in [5, 5.41) is 3.70. The van der Waals surface area contributed by atoms with E-state index in [-0.39, 0.29) is 0 Å². The molecule has 1 unspecified atom stereocenters. The van der Waals surface area contributed by atoms with Crippen LogP contribution in [-0.2, 0) is 12.1 Å². The van der Waals surface area contributed by atoms with Crippen molar-refractivity contribution in [3.05, 3.63) is 15.9 Å². The van der Waals surface area contributed by atoms with Crippen molar-refractivity contribution in [3.8, 4) is 0 Å². The second kappa shape index (κ2) is 2.55. The molecule has 0 N–H and O–H groups in total. The van der Waals surface area contributed by atoms with Crippen LogP contribution in [-0.4, -0.2) is 5.16 Å². The Hall–Kier alpha value is -0.380. The SMILES string of the molecule is CC1(F)CCCc2onc(Br)c21. The van der Waals surface area contributed by atoms with Gasteiger partial charge >= 0.3 is 0 Å². The summed E-state index contributed by atoms with van der Waals surface area (Å²) >= 11 is 3.18. The summed E-state index contributed by atoms with van der Waals surface area (Å²) in [5.74, 6) is 0.693. The minimum Gasteiger partial charge on any atom is -0.360 e.